The lowest BCUT2D eigenvalue weighted by Gasteiger charge is -2.35. The Bertz CT molecular complexity index is 716. The van der Waals surface area contributed by atoms with Gasteiger partial charge in [0.2, 0.25) is 5.91 Å². The van der Waals surface area contributed by atoms with Gasteiger partial charge in [-0.1, -0.05) is 12.1 Å². The first-order valence-corrected chi connectivity index (χ1v) is 8.68. The summed E-state index contributed by atoms with van der Waals surface area (Å²) in [7, 11) is 1.65. The normalized spacial score (nSPS) is 16.6. The smallest absolute Gasteiger partial charge is 0.233 e. The number of rotatable bonds is 6. The average Bonchev–Trinajstić information content (AvgIpc) is 3.12. The maximum absolute atomic E-state index is 12.9. The number of methoxy groups -OCH3 is 1. The van der Waals surface area contributed by atoms with Crippen LogP contribution in [0.1, 0.15) is 19.8 Å². The lowest BCUT2D eigenvalue weighted by Crippen LogP contribution is -2.47. The van der Waals surface area contributed by atoms with Gasteiger partial charge in [0.25, 0.3) is 0 Å². The zero-order valence-corrected chi connectivity index (χ0v) is 14.8. The van der Waals surface area contributed by atoms with Gasteiger partial charge < -0.3 is 19.9 Å². The first-order valence-electron chi connectivity index (χ1n) is 8.68. The zero-order valence-electron chi connectivity index (χ0n) is 14.8. The number of benzene rings is 1. The molecule has 7 heteroatoms. The number of nitrogens with zero attached hydrogens (tertiary/aromatic N) is 3. The summed E-state index contributed by atoms with van der Waals surface area (Å²) in [5, 5.41) is 14.5. The highest BCUT2D eigenvalue weighted by molar-refractivity contribution is 5.96. The number of aromatic nitrogens is 3. The van der Waals surface area contributed by atoms with Crippen LogP contribution >= 0.6 is 0 Å². The highest BCUT2D eigenvalue weighted by Gasteiger charge is 2.39. The molecule has 1 aliphatic rings. The van der Waals surface area contributed by atoms with E-state index in [1.54, 1.807) is 13.4 Å². The van der Waals surface area contributed by atoms with Crippen molar-refractivity contribution in [2.75, 3.05) is 32.1 Å². The molecule has 3 rings (SSSR count). The molecule has 1 amide bonds. The number of ether oxygens (including phenoxy) is 1. The van der Waals surface area contributed by atoms with Gasteiger partial charge in [-0.3, -0.25) is 4.79 Å². The minimum atomic E-state index is -0.473. The van der Waals surface area contributed by atoms with E-state index < -0.39 is 5.41 Å². The number of piperidine rings is 1. The summed E-state index contributed by atoms with van der Waals surface area (Å²) in [6, 6.07) is 7.73. The number of nitrogens with one attached hydrogen (secondary N) is 2. The van der Waals surface area contributed by atoms with Crippen LogP contribution in [-0.2, 0) is 16.1 Å². The molecule has 1 aromatic carbocycles. The van der Waals surface area contributed by atoms with Gasteiger partial charge >= 0.3 is 0 Å². The highest BCUT2D eigenvalue weighted by Crippen LogP contribution is 2.31. The number of hydrogen-bond acceptors (Lipinski definition) is 5. The van der Waals surface area contributed by atoms with Crippen LogP contribution in [0.3, 0.4) is 0 Å². The van der Waals surface area contributed by atoms with Gasteiger partial charge in [-0.2, -0.15) is 0 Å². The van der Waals surface area contributed by atoms with Crippen LogP contribution in [0, 0.1) is 5.41 Å². The summed E-state index contributed by atoms with van der Waals surface area (Å²) in [4.78, 5) is 12.9. The van der Waals surface area contributed by atoms with E-state index in [0.717, 1.165) is 49.6 Å². The van der Waals surface area contributed by atoms with Crippen LogP contribution in [0.25, 0.3) is 11.4 Å². The van der Waals surface area contributed by atoms with E-state index in [4.69, 9.17) is 4.74 Å². The first kappa shape index (κ1) is 17.6. The van der Waals surface area contributed by atoms with Gasteiger partial charge in [-0.15, -0.1) is 10.2 Å². The van der Waals surface area contributed by atoms with Crippen molar-refractivity contribution >= 4 is 11.6 Å². The first-order chi connectivity index (χ1) is 12.2. The van der Waals surface area contributed by atoms with E-state index in [2.05, 4.69) is 20.8 Å². The number of anilines is 1. The third-order valence-electron chi connectivity index (χ3n) is 4.80. The van der Waals surface area contributed by atoms with Crippen molar-refractivity contribution < 1.29 is 9.53 Å². The molecule has 134 valence electrons. The Hall–Kier alpha value is -2.25. The second kappa shape index (κ2) is 7.76. The Morgan fingerprint density at radius 2 is 2.20 bits per heavy atom. The fourth-order valence-corrected chi connectivity index (χ4v) is 3.33. The van der Waals surface area contributed by atoms with Crippen LogP contribution in [0.4, 0.5) is 5.69 Å². The van der Waals surface area contributed by atoms with Crippen molar-refractivity contribution in [2.45, 2.75) is 26.3 Å². The van der Waals surface area contributed by atoms with E-state index in [-0.39, 0.29) is 5.91 Å². The summed E-state index contributed by atoms with van der Waals surface area (Å²) in [6.45, 7) is 4.93. The van der Waals surface area contributed by atoms with Crippen molar-refractivity contribution in [1.82, 2.24) is 20.1 Å². The maximum atomic E-state index is 12.9. The Balaban J connectivity index is 1.80. The predicted molar refractivity (Wildman–Crippen MR) is 96.2 cm³/mol. The Morgan fingerprint density at radius 1 is 1.40 bits per heavy atom. The van der Waals surface area contributed by atoms with Crippen molar-refractivity contribution in [3.05, 3.63) is 30.6 Å². The predicted octanol–water partition coefficient (Wildman–Crippen LogP) is 1.92. The molecule has 25 heavy (non-hydrogen) atoms. The molecule has 2 N–H and O–H groups in total. The second-order valence-electron chi connectivity index (χ2n) is 6.44. The number of carbonyl (C=O) groups is 1. The third-order valence-corrected chi connectivity index (χ3v) is 4.80. The number of amides is 1. The van der Waals surface area contributed by atoms with E-state index >= 15 is 0 Å². The highest BCUT2D eigenvalue weighted by atomic mass is 16.5. The second-order valence-corrected chi connectivity index (χ2v) is 6.44. The van der Waals surface area contributed by atoms with Crippen LogP contribution in [-0.4, -0.2) is 47.5 Å². The lowest BCUT2D eigenvalue weighted by molar-refractivity contribution is -0.130. The summed E-state index contributed by atoms with van der Waals surface area (Å²) < 4.78 is 7.32. The van der Waals surface area contributed by atoms with E-state index in [0.29, 0.717) is 6.61 Å². The van der Waals surface area contributed by atoms with Crippen LogP contribution < -0.4 is 10.6 Å². The summed E-state index contributed by atoms with van der Waals surface area (Å²) in [5.74, 6) is 0.817. The van der Waals surface area contributed by atoms with Crippen molar-refractivity contribution in [1.29, 1.82) is 0 Å². The molecular formula is C18H25N5O2. The zero-order chi connectivity index (χ0) is 17.7. The summed E-state index contributed by atoms with van der Waals surface area (Å²) in [5.41, 5.74) is 1.23. The van der Waals surface area contributed by atoms with Gasteiger partial charge in [-0.25, -0.2) is 0 Å². The molecule has 1 saturated heterocycles. The van der Waals surface area contributed by atoms with Crippen LogP contribution in [0.15, 0.2) is 30.6 Å². The van der Waals surface area contributed by atoms with E-state index in [1.807, 2.05) is 35.8 Å². The molecule has 7 nitrogen and oxygen atoms in total. The third kappa shape index (κ3) is 3.72. The number of carbonyl (C=O) groups excluding carboxylic acids is 1. The van der Waals surface area contributed by atoms with Gasteiger partial charge in [-0.05, 0) is 45.0 Å². The molecule has 0 radical (unpaired) electrons. The lowest BCUT2D eigenvalue weighted by atomic mass is 9.78. The van der Waals surface area contributed by atoms with Gasteiger partial charge in [0.15, 0.2) is 5.82 Å². The standard InChI is InChI=1S/C18H25N5O2/c1-3-23-13-20-22-16(23)14-5-4-6-15(11-14)21-17(24)18(12-25-2)7-9-19-10-8-18/h4-6,11,13,19H,3,7-10,12H2,1-2H3,(H,21,24). The molecule has 2 heterocycles. The fourth-order valence-electron chi connectivity index (χ4n) is 3.33. The molecule has 0 spiro atoms. The molecule has 0 saturated carbocycles. The van der Waals surface area contributed by atoms with Crippen LogP contribution in [0.5, 0.6) is 0 Å². The molecule has 0 aliphatic carbocycles. The fraction of sp³-hybridized carbons (Fsp3) is 0.500. The maximum Gasteiger partial charge on any atom is 0.233 e. The number of hydrogen-bond donors (Lipinski definition) is 2. The Kier molecular flexibility index (Phi) is 5.45. The largest absolute Gasteiger partial charge is 0.384 e. The van der Waals surface area contributed by atoms with Gasteiger partial charge in [0.05, 0.1) is 12.0 Å². The Morgan fingerprint density at radius 3 is 2.92 bits per heavy atom. The van der Waals surface area contributed by atoms with Crippen molar-refractivity contribution in [2.24, 2.45) is 5.41 Å². The van der Waals surface area contributed by atoms with Crippen LogP contribution in [0.2, 0.25) is 0 Å². The SMILES string of the molecule is CCn1cnnc1-c1cccc(NC(=O)C2(COC)CCNCC2)c1. The van der Waals surface area contributed by atoms with E-state index in [1.165, 1.54) is 0 Å². The molecule has 1 fully saturated rings. The molecule has 2 aromatic rings. The van der Waals surface area contributed by atoms with Gasteiger partial charge in [0, 0.05) is 24.9 Å². The topological polar surface area (TPSA) is 81.1 Å². The molecule has 1 aromatic heterocycles. The molecular weight excluding hydrogens is 318 g/mol. The molecule has 0 atom stereocenters. The molecule has 0 unspecified atom stereocenters. The van der Waals surface area contributed by atoms with E-state index in [9.17, 15) is 4.79 Å². The monoisotopic (exact) mass is 343 g/mol. The minimum absolute atomic E-state index is 0.0185. The average molecular weight is 343 g/mol. The molecule has 1 aliphatic heterocycles. The van der Waals surface area contributed by atoms with Crippen molar-refractivity contribution in [3.8, 4) is 11.4 Å². The minimum Gasteiger partial charge on any atom is -0.384 e. The molecule has 0 bridgehead atoms. The van der Waals surface area contributed by atoms with Crippen molar-refractivity contribution in [3.63, 3.8) is 0 Å². The van der Waals surface area contributed by atoms with Gasteiger partial charge in [0.1, 0.15) is 6.33 Å². The summed E-state index contributed by atoms with van der Waals surface area (Å²) >= 11 is 0. The number of aryl methyl sites for hydroxylation is 1. The summed E-state index contributed by atoms with van der Waals surface area (Å²) in [6.07, 6.45) is 3.26. The quantitative estimate of drug-likeness (QED) is 0.837. The Labute approximate surface area is 147 Å².